The number of carbonyl (C=O) groups is 1. The molecule has 1 amide bonds. The van der Waals surface area contributed by atoms with Crippen molar-refractivity contribution in [2.45, 2.75) is 25.3 Å². The van der Waals surface area contributed by atoms with Crippen molar-refractivity contribution in [2.24, 2.45) is 5.92 Å². The lowest BCUT2D eigenvalue weighted by atomic mass is 10.2. The molecule has 0 aliphatic heterocycles. The molecule has 0 fully saturated rings. The lowest BCUT2D eigenvalue weighted by molar-refractivity contribution is 0.0946. The van der Waals surface area contributed by atoms with Crippen molar-refractivity contribution in [1.29, 1.82) is 0 Å². The van der Waals surface area contributed by atoms with Crippen LogP contribution in [0.4, 0.5) is 5.69 Å². The van der Waals surface area contributed by atoms with E-state index in [0.29, 0.717) is 12.2 Å². The van der Waals surface area contributed by atoms with Gasteiger partial charge in [-0.15, -0.1) is 0 Å². The first kappa shape index (κ1) is 18.9. The van der Waals surface area contributed by atoms with Crippen molar-refractivity contribution in [3.05, 3.63) is 53.9 Å². The predicted molar refractivity (Wildman–Crippen MR) is 96.3 cm³/mol. The Kier molecular flexibility index (Phi) is 6.11. The Morgan fingerprint density at radius 3 is 2.40 bits per heavy atom. The van der Waals surface area contributed by atoms with E-state index in [0.717, 1.165) is 5.56 Å². The van der Waals surface area contributed by atoms with Crippen molar-refractivity contribution < 1.29 is 13.2 Å². The zero-order valence-electron chi connectivity index (χ0n) is 14.2. The molecular formula is C17H22N4O3S. The summed E-state index contributed by atoms with van der Waals surface area (Å²) in [5.74, 6) is -0.0958. The fourth-order valence-electron chi connectivity index (χ4n) is 1.96. The molecule has 0 aliphatic rings. The number of carbonyl (C=O) groups excluding carboxylic acids is 1. The Balaban J connectivity index is 1.96. The minimum absolute atomic E-state index is 0.198. The molecular weight excluding hydrogens is 340 g/mol. The third-order valence-corrected chi connectivity index (χ3v) is 4.83. The number of nitrogen functional groups attached to an aromatic ring is 1. The van der Waals surface area contributed by atoms with Crippen molar-refractivity contribution in [1.82, 2.24) is 15.0 Å². The number of benzene rings is 1. The van der Waals surface area contributed by atoms with Gasteiger partial charge < -0.3 is 11.1 Å². The predicted octanol–water partition coefficient (Wildman–Crippen LogP) is 1.53. The Bertz CT molecular complexity index is 816. The van der Waals surface area contributed by atoms with Gasteiger partial charge in [-0.25, -0.2) is 18.1 Å². The van der Waals surface area contributed by atoms with E-state index in [1.165, 1.54) is 18.3 Å². The summed E-state index contributed by atoms with van der Waals surface area (Å²) in [6.45, 7) is 4.52. The highest BCUT2D eigenvalue weighted by Gasteiger charge is 2.14. The second kappa shape index (κ2) is 8.09. The molecule has 0 saturated heterocycles. The first-order valence-corrected chi connectivity index (χ1v) is 9.34. The molecule has 134 valence electrons. The third kappa shape index (κ3) is 5.54. The minimum atomic E-state index is -3.51. The first-order valence-electron chi connectivity index (χ1n) is 7.86. The number of nitrogens with zero attached hydrogens (tertiary/aromatic N) is 1. The molecule has 1 aromatic heterocycles. The summed E-state index contributed by atoms with van der Waals surface area (Å²) in [4.78, 5) is 16.1. The highest BCUT2D eigenvalue weighted by molar-refractivity contribution is 7.89. The molecule has 1 aromatic carbocycles. The van der Waals surface area contributed by atoms with Gasteiger partial charge in [-0.05, 0) is 35.7 Å². The van der Waals surface area contributed by atoms with Crippen LogP contribution in [0, 0.1) is 5.92 Å². The van der Waals surface area contributed by atoms with Crippen LogP contribution in [-0.2, 0) is 16.6 Å². The summed E-state index contributed by atoms with van der Waals surface area (Å²) < 4.78 is 26.8. The lowest BCUT2D eigenvalue weighted by Crippen LogP contribution is -2.27. The average Bonchev–Trinajstić information content (AvgIpc) is 2.59. The lowest BCUT2D eigenvalue weighted by Gasteiger charge is -2.10. The minimum Gasteiger partial charge on any atom is -0.397 e. The smallest absolute Gasteiger partial charge is 0.270 e. The molecule has 2 aromatic rings. The highest BCUT2D eigenvalue weighted by atomic mass is 32.2. The largest absolute Gasteiger partial charge is 0.397 e. The second-order valence-corrected chi connectivity index (χ2v) is 7.82. The van der Waals surface area contributed by atoms with Gasteiger partial charge in [0, 0.05) is 13.1 Å². The number of nitrogens with two attached hydrogens (primary N) is 1. The van der Waals surface area contributed by atoms with Gasteiger partial charge >= 0.3 is 0 Å². The Labute approximate surface area is 147 Å². The molecule has 0 saturated carbocycles. The average molecular weight is 362 g/mol. The number of sulfonamides is 1. The molecule has 8 heteroatoms. The van der Waals surface area contributed by atoms with E-state index < -0.39 is 10.0 Å². The quantitative estimate of drug-likeness (QED) is 0.691. The number of aromatic nitrogens is 1. The van der Waals surface area contributed by atoms with Crippen LogP contribution in [0.1, 0.15) is 29.9 Å². The van der Waals surface area contributed by atoms with Crippen molar-refractivity contribution in [2.75, 3.05) is 12.3 Å². The Hall–Kier alpha value is -2.45. The van der Waals surface area contributed by atoms with Crippen LogP contribution in [0.25, 0.3) is 0 Å². The molecule has 0 unspecified atom stereocenters. The first-order chi connectivity index (χ1) is 11.8. The van der Waals surface area contributed by atoms with Crippen LogP contribution in [0.5, 0.6) is 0 Å². The van der Waals surface area contributed by atoms with E-state index in [1.807, 2.05) is 13.8 Å². The summed E-state index contributed by atoms with van der Waals surface area (Å²) in [5, 5.41) is 2.73. The van der Waals surface area contributed by atoms with Gasteiger partial charge in [-0.2, -0.15) is 0 Å². The zero-order valence-corrected chi connectivity index (χ0v) is 15.0. The van der Waals surface area contributed by atoms with E-state index in [9.17, 15) is 13.2 Å². The molecule has 2 rings (SSSR count). The number of hydrogen-bond acceptors (Lipinski definition) is 5. The molecule has 25 heavy (non-hydrogen) atoms. The third-order valence-electron chi connectivity index (χ3n) is 3.39. The van der Waals surface area contributed by atoms with Gasteiger partial charge in [0.15, 0.2) is 0 Å². The molecule has 0 radical (unpaired) electrons. The number of rotatable bonds is 7. The summed E-state index contributed by atoms with van der Waals surface area (Å²) in [6.07, 6.45) is 1.42. The van der Waals surface area contributed by atoms with Gasteiger partial charge in [-0.1, -0.05) is 26.0 Å². The monoisotopic (exact) mass is 362 g/mol. The van der Waals surface area contributed by atoms with Crippen molar-refractivity contribution >= 4 is 21.6 Å². The van der Waals surface area contributed by atoms with Gasteiger partial charge in [0.05, 0.1) is 16.8 Å². The van der Waals surface area contributed by atoms with Crippen LogP contribution in [0.15, 0.2) is 47.5 Å². The normalized spacial score (nSPS) is 11.5. The molecule has 1 heterocycles. The van der Waals surface area contributed by atoms with Gasteiger partial charge in [0.1, 0.15) is 5.69 Å². The van der Waals surface area contributed by atoms with Crippen LogP contribution in [0.3, 0.4) is 0 Å². The number of hydrogen-bond donors (Lipinski definition) is 3. The maximum Gasteiger partial charge on any atom is 0.270 e. The van der Waals surface area contributed by atoms with E-state index in [2.05, 4.69) is 15.0 Å². The van der Waals surface area contributed by atoms with Gasteiger partial charge in [0.2, 0.25) is 10.0 Å². The number of nitrogens with one attached hydrogen (secondary N) is 2. The zero-order chi connectivity index (χ0) is 18.4. The molecule has 0 bridgehead atoms. The van der Waals surface area contributed by atoms with E-state index >= 15 is 0 Å². The number of anilines is 1. The molecule has 4 N–H and O–H groups in total. The van der Waals surface area contributed by atoms with Crippen molar-refractivity contribution in [3.8, 4) is 0 Å². The Morgan fingerprint density at radius 2 is 1.84 bits per heavy atom. The van der Waals surface area contributed by atoms with Crippen LogP contribution < -0.4 is 15.8 Å². The molecule has 7 nitrogen and oxygen atoms in total. The van der Waals surface area contributed by atoms with Gasteiger partial charge in [-0.3, -0.25) is 4.79 Å². The molecule has 0 spiro atoms. The van der Waals surface area contributed by atoms with Crippen LogP contribution >= 0.6 is 0 Å². The molecule has 0 atom stereocenters. The SMILES string of the molecule is CC(C)CNS(=O)(=O)c1ccc(CNC(=O)c2ccc(N)cn2)cc1. The fraction of sp³-hybridized carbons (Fsp3) is 0.294. The van der Waals surface area contributed by atoms with Crippen LogP contribution in [-0.4, -0.2) is 25.9 Å². The van der Waals surface area contributed by atoms with E-state index in [-0.39, 0.29) is 29.0 Å². The Morgan fingerprint density at radius 1 is 1.16 bits per heavy atom. The maximum absolute atomic E-state index is 12.1. The summed E-state index contributed by atoms with van der Waals surface area (Å²) in [7, 11) is -3.51. The molecule has 0 aliphatic carbocycles. The second-order valence-electron chi connectivity index (χ2n) is 6.05. The fourth-order valence-corrected chi connectivity index (χ4v) is 3.17. The van der Waals surface area contributed by atoms with Gasteiger partial charge in [0.25, 0.3) is 5.91 Å². The van der Waals surface area contributed by atoms with Crippen molar-refractivity contribution in [3.63, 3.8) is 0 Å². The summed E-state index contributed by atoms with van der Waals surface area (Å²) in [6, 6.07) is 9.52. The maximum atomic E-state index is 12.1. The summed E-state index contributed by atoms with van der Waals surface area (Å²) >= 11 is 0. The van der Waals surface area contributed by atoms with E-state index in [4.69, 9.17) is 5.73 Å². The standard InChI is InChI=1S/C17H22N4O3S/c1-12(2)9-21-25(23,24)15-6-3-13(4-7-15)10-20-17(22)16-8-5-14(18)11-19-16/h3-8,11-12,21H,9-10,18H2,1-2H3,(H,20,22). The van der Waals surface area contributed by atoms with Crippen LogP contribution in [0.2, 0.25) is 0 Å². The topological polar surface area (TPSA) is 114 Å². The summed E-state index contributed by atoms with van der Waals surface area (Å²) in [5.41, 5.74) is 7.07. The number of amides is 1. The highest BCUT2D eigenvalue weighted by Crippen LogP contribution is 2.11. The van der Waals surface area contributed by atoms with E-state index in [1.54, 1.807) is 24.3 Å². The number of pyridine rings is 1.